The predicted octanol–water partition coefficient (Wildman–Crippen LogP) is -1.19. The van der Waals surface area contributed by atoms with Crippen molar-refractivity contribution in [2.24, 2.45) is 0 Å². The first-order chi connectivity index (χ1) is 6.25. The Bertz CT molecular complexity index is 290. The van der Waals surface area contributed by atoms with E-state index < -0.39 is 0 Å². The fraction of sp³-hybridized carbons (Fsp3) is 0.667. The van der Waals surface area contributed by atoms with Gasteiger partial charge in [-0.25, -0.2) is 5.10 Å². The van der Waals surface area contributed by atoms with Gasteiger partial charge in [-0.2, -0.15) is 4.98 Å². The lowest BCUT2D eigenvalue weighted by molar-refractivity contribution is 0.201. The van der Waals surface area contributed by atoms with Crippen molar-refractivity contribution in [1.82, 2.24) is 20.5 Å². The minimum absolute atomic E-state index is 0.121. The van der Waals surface area contributed by atoms with Gasteiger partial charge in [-0.05, 0) is 0 Å². The van der Waals surface area contributed by atoms with E-state index in [1.165, 1.54) is 11.8 Å². The third kappa shape index (κ3) is 1.93. The van der Waals surface area contributed by atoms with Gasteiger partial charge in [-0.1, -0.05) is 11.8 Å². The van der Waals surface area contributed by atoms with Crippen molar-refractivity contribution < 1.29 is 5.11 Å². The summed E-state index contributed by atoms with van der Waals surface area (Å²) in [6.07, 6.45) is -0.329. The topological polar surface area (TPSA) is 99.8 Å². The van der Waals surface area contributed by atoms with Crippen molar-refractivity contribution in [3.05, 3.63) is 0 Å². The molecule has 1 fully saturated rings. The normalized spacial score (nSPS) is 28.1. The van der Waals surface area contributed by atoms with Crippen molar-refractivity contribution in [2.75, 3.05) is 18.8 Å². The van der Waals surface area contributed by atoms with Gasteiger partial charge in [0, 0.05) is 13.1 Å². The second kappa shape index (κ2) is 3.52. The largest absolute Gasteiger partial charge is 0.391 e. The molecule has 0 amide bonds. The van der Waals surface area contributed by atoms with Crippen LogP contribution in [0, 0.1) is 0 Å². The maximum atomic E-state index is 9.48. The molecule has 0 bridgehead atoms. The maximum absolute atomic E-state index is 9.48. The quantitative estimate of drug-likeness (QED) is 0.480. The molecule has 0 aliphatic carbocycles. The van der Waals surface area contributed by atoms with E-state index in [1.807, 2.05) is 0 Å². The molecule has 1 aromatic heterocycles. The van der Waals surface area contributed by atoms with Gasteiger partial charge in [0.25, 0.3) is 0 Å². The van der Waals surface area contributed by atoms with Crippen LogP contribution in [0.1, 0.15) is 0 Å². The molecule has 6 nitrogen and oxygen atoms in total. The molecule has 2 rings (SSSR count). The SMILES string of the molecule is Nc1nc(S[C@@H]2CNC[C@H]2O)n[nH]1. The molecule has 2 atom stereocenters. The Morgan fingerprint density at radius 1 is 1.54 bits per heavy atom. The Kier molecular flexibility index (Phi) is 2.38. The fourth-order valence-corrected chi connectivity index (χ4v) is 2.18. The van der Waals surface area contributed by atoms with Crippen LogP contribution < -0.4 is 11.1 Å². The molecule has 1 saturated heterocycles. The van der Waals surface area contributed by atoms with Crippen molar-refractivity contribution in [3.63, 3.8) is 0 Å². The number of rotatable bonds is 2. The Balaban J connectivity index is 1.97. The summed E-state index contributed by atoms with van der Waals surface area (Å²) in [6, 6.07) is 0. The van der Waals surface area contributed by atoms with Crippen LogP contribution in [0.5, 0.6) is 0 Å². The number of aromatic amines is 1. The lowest BCUT2D eigenvalue weighted by atomic mass is 10.3. The number of hydrogen-bond acceptors (Lipinski definition) is 6. The van der Waals surface area contributed by atoms with Gasteiger partial charge >= 0.3 is 0 Å². The molecule has 0 spiro atoms. The first-order valence-corrected chi connectivity index (χ1v) is 4.87. The summed E-state index contributed by atoms with van der Waals surface area (Å²) in [5.74, 6) is 0.308. The van der Waals surface area contributed by atoms with E-state index in [0.29, 0.717) is 17.6 Å². The second-order valence-corrected chi connectivity index (χ2v) is 4.09. The number of nitrogen functional groups attached to an aromatic ring is 1. The van der Waals surface area contributed by atoms with E-state index in [0.717, 1.165) is 6.54 Å². The zero-order chi connectivity index (χ0) is 9.26. The van der Waals surface area contributed by atoms with E-state index in [4.69, 9.17) is 5.73 Å². The number of thioether (sulfide) groups is 1. The lowest BCUT2D eigenvalue weighted by Gasteiger charge is -2.08. The van der Waals surface area contributed by atoms with Gasteiger partial charge < -0.3 is 16.2 Å². The number of aliphatic hydroxyl groups excluding tert-OH is 1. The minimum Gasteiger partial charge on any atom is -0.391 e. The van der Waals surface area contributed by atoms with Crippen LogP contribution in [0.3, 0.4) is 0 Å². The highest BCUT2D eigenvalue weighted by Gasteiger charge is 2.26. The molecule has 2 heterocycles. The van der Waals surface area contributed by atoms with Gasteiger partial charge in [0.2, 0.25) is 11.1 Å². The van der Waals surface area contributed by atoms with Crippen LogP contribution in [0.2, 0.25) is 0 Å². The Labute approximate surface area is 79.3 Å². The maximum Gasteiger partial charge on any atom is 0.216 e. The third-order valence-electron chi connectivity index (χ3n) is 1.87. The zero-order valence-corrected chi connectivity index (χ0v) is 7.71. The molecular weight excluding hydrogens is 190 g/mol. The van der Waals surface area contributed by atoms with Crippen LogP contribution >= 0.6 is 11.8 Å². The van der Waals surface area contributed by atoms with Crippen LogP contribution in [0.4, 0.5) is 5.95 Å². The summed E-state index contributed by atoms with van der Waals surface area (Å²) in [4.78, 5) is 3.94. The van der Waals surface area contributed by atoms with Gasteiger partial charge in [0.05, 0.1) is 11.4 Å². The number of β-amino-alcohol motifs (C(OH)–C–C–N with tert-alkyl or cyclic N) is 1. The summed E-state index contributed by atoms with van der Waals surface area (Å²) in [5.41, 5.74) is 5.37. The molecule has 7 heteroatoms. The van der Waals surface area contributed by atoms with Crippen molar-refractivity contribution >= 4 is 17.7 Å². The van der Waals surface area contributed by atoms with E-state index >= 15 is 0 Å². The number of nitrogens with zero attached hydrogens (tertiary/aromatic N) is 2. The highest BCUT2D eigenvalue weighted by atomic mass is 32.2. The molecule has 5 N–H and O–H groups in total. The monoisotopic (exact) mass is 201 g/mol. The molecule has 1 aliphatic heterocycles. The number of H-pyrrole nitrogens is 1. The molecule has 1 aromatic rings. The van der Waals surface area contributed by atoms with Gasteiger partial charge in [0.15, 0.2) is 0 Å². The summed E-state index contributed by atoms with van der Waals surface area (Å²) in [6.45, 7) is 1.41. The van der Waals surface area contributed by atoms with Crippen LogP contribution in [0.15, 0.2) is 5.16 Å². The highest BCUT2D eigenvalue weighted by Crippen LogP contribution is 2.24. The molecule has 0 saturated carbocycles. The van der Waals surface area contributed by atoms with Crippen LogP contribution in [-0.2, 0) is 0 Å². The average molecular weight is 201 g/mol. The number of aromatic nitrogens is 3. The molecule has 72 valence electrons. The lowest BCUT2D eigenvalue weighted by Crippen LogP contribution is -2.20. The van der Waals surface area contributed by atoms with Crippen LogP contribution in [0.25, 0.3) is 0 Å². The second-order valence-electron chi connectivity index (χ2n) is 2.89. The van der Waals surface area contributed by atoms with E-state index in [1.54, 1.807) is 0 Å². The smallest absolute Gasteiger partial charge is 0.216 e. The zero-order valence-electron chi connectivity index (χ0n) is 6.90. The van der Waals surface area contributed by atoms with Crippen molar-refractivity contribution in [3.8, 4) is 0 Å². The highest BCUT2D eigenvalue weighted by molar-refractivity contribution is 7.99. The molecule has 13 heavy (non-hydrogen) atoms. The number of nitrogens with two attached hydrogens (primary N) is 1. The fourth-order valence-electron chi connectivity index (χ4n) is 1.21. The Hall–Kier alpha value is -0.790. The third-order valence-corrected chi connectivity index (χ3v) is 3.04. The van der Waals surface area contributed by atoms with Gasteiger partial charge in [-0.3, -0.25) is 0 Å². The van der Waals surface area contributed by atoms with E-state index in [9.17, 15) is 5.11 Å². The molecule has 1 aliphatic rings. The summed E-state index contributed by atoms with van der Waals surface area (Å²) in [5, 5.41) is 19.7. The molecule has 0 aromatic carbocycles. The summed E-state index contributed by atoms with van der Waals surface area (Å²) >= 11 is 1.43. The van der Waals surface area contributed by atoms with Crippen molar-refractivity contribution in [1.29, 1.82) is 0 Å². The minimum atomic E-state index is -0.329. The molecular formula is C6H11N5OS. The standard InChI is InChI=1S/C6H11N5OS/c7-5-9-6(11-10-5)13-4-2-8-1-3(4)12/h3-4,8,12H,1-2H2,(H3,7,9,10,11)/t3-,4-/m1/s1. The number of hydrogen-bond donors (Lipinski definition) is 4. The molecule has 0 unspecified atom stereocenters. The first-order valence-electron chi connectivity index (χ1n) is 3.99. The number of anilines is 1. The number of nitrogens with one attached hydrogen (secondary N) is 2. The predicted molar refractivity (Wildman–Crippen MR) is 49.3 cm³/mol. The molecule has 0 radical (unpaired) electrons. The van der Waals surface area contributed by atoms with E-state index in [-0.39, 0.29) is 11.4 Å². The number of aliphatic hydroxyl groups is 1. The van der Waals surface area contributed by atoms with Crippen molar-refractivity contribution in [2.45, 2.75) is 16.5 Å². The summed E-state index contributed by atoms with van der Waals surface area (Å²) in [7, 11) is 0. The average Bonchev–Trinajstić information content (AvgIpc) is 2.64. The van der Waals surface area contributed by atoms with Gasteiger partial charge in [0.1, 0.15) is 0 Å². The first kappa shape index (κ1) is 8.79. The summed E-state index contributed by atoms with van der Waals surface area (Å²) < 4.78 is 0. The Morgan fingerprint density at radius 2 is 2.38 bits per heavy atom. The van der Waals surface area contributed by atoms with E-state index in [2.05, 4.69) is 20.5 Å². The van der Waals surface area contributed by atoms with Gasteiger partial charge in [-0.15, -0.1) is 5.10 Å². The van der Waals surface area contributed by atoms with Crippen LogP contribution in [-0.4, -0.2) is 44.7 Å². The Morgan fingerprint density at radius 3 is 2.92 bits per heavy atom.